The van der Waals surface area contributed by atoms with Crippen molar-refractivity contribution in [2.45, 2.75) is 42.9 Å². The minimum atomic E-state index is -3.77. The molecule has 0 aliphatic heterocycles. The van der Waals surface area contributed by atoms with Gasteiger partial charge in [-0.25, -0.2) is 27.2 Å². The highest BCUT2D eigenvalue weighted by Gasteiger charge is 2.81. The zero-order chi connectivity index (χ0) is 18.1. The molecule has 1 heterocycles. The van der Waals surface area contributed by atoms with E-state index in [0.717, 1.165) is 29.5 Å². The van der Waals surface area contributed by atoms with Crippen LogP contribution in [0.2, 0.25) is 0 Å². The molecule has 3 aliphatic carbocycles. The maximum Gasteiger partial charge on any atom is 0.288 e. The summed E-state index contributed by atoms with van der Waals surface area (Å²) in [6, 6.07) is 2.08. The first kappa shape index (κ1) is 16.5. The Morgan fingerprint density at radius 3 is 2.40 bits per heavy atom. The van der Waals surface area contributed by atoms with Crippen LogP contribution in [0, 0.1) is 17.0 Å². The second-order valence-electron chi connectivity index (χ2n) is 7.19. The lowest BCUT2D eigenvalue weighted by molar-refractivity contribution is -0.386. The van der Waals surface area contributed by atoms with Gasteiger partial charge in [-0.1, -0.05) is 0 Å². The van der Waals surface area contributed by atoms with Crippen LogP contribution in [0.4, 0.5) is 17.6 Å². The Morgan fingerprint density at radius 1 is 1.20 bits per heavy atom. The van der Waals surface area contributed by atoms with Crippen molar-refractivity contribution in [3.8, 4) is 0 Å². The Bertz CT molecular complexity index is 807. The molecule has 1 unspecified atom stereocenters. The van der Waals surface area contributed by atoms with Crippen molar-refractivity contribution in [2.75, 3.05) is 0 Å². The fraction of sp³-hybridized carbons (Fsp3) is 0.500. The number of nitrogens with zero attached hydrogens (tertiary/aromatic N) is 3. The van der Waals surface area contributed by atoms with Crippen molar-refractivity contribution in [1.29, 1.82) is 0 Å². The largest absolute Gasteiger partial charge is 0.390 e. The maximum absolute atomic E-state index is 15.4. The maximum atomic E-state index is 15.4. The number of hydrogen-bond acceptors (Lipinski definition) is 4. The van der Waals surface area contributed by atoms with Crippen LogP contribution in [-0.2, 0) is 12.1 Å². The van der Waals surface area contributed by atoms with Crippen LogP contribution in [-0.4, -0.2) is 36.5 Å². The average molecular weight is 357 g/mol. The number of hydrogen-bond donors (Lipinski definition) is 2. The Balaban J connectivity index is 1.81. The van der Waals surface area contributed by atoms with E-state index >= 15 is 8.78 Å². The summed E-state index contributed by atoms with van der Waals surface area (Å²) in [6.07, 6.45) is 1.71. The van der Waals surface area contributed by atoms with Gasteiger partial charge in [-0.3, -0.25) is 0 Å². The van der Waals surface area contributed by atoms with E-state index in [9.17, 15) is 19.0 Å². The normalized spacial score (nSPS) is 30.3. The van der Waals surface area contributed by atoms with Gasteiger partial charge >= 0.3 is 0 Å². The lowest BCUT2D eigenvalue weighted by atomic mass is 9.37. The van der Waals surface area contributed by atoms with E-state index in [2.05, 4.69) is 10.1 Å². The third kappa shape index (κ3) is 2.08. The van der Waals surface area contributed by atoms with Crippen LogP contribution in [0.25, 0.3) is 0 Å². The number of aromatic nitrogens is 3. The standard InChI is InChI=1S/C16H15F4N3O2/c17-10-1-2-11(12(18)3-10)15(25,7-23-9-21-8-22-23)16(19,20)13-4-14(24,5-13)6-13/h1-3,8-9,24-25H,4-7H2. The smallest absolute Gasteiger partial charge is 0.288 e. The number of rotatable bonds is 5. The molecule has 0 radical (unpaired) electrons. The van der Waals surface area contributed by atoms with Gasteiger partial charge in [-0.2, -0.15) is 5.10 Å². The van der Waals surface area contributed by atoms with Crippen molar-refractivity contribution in [1.82, 2.24) is 14.8 Å². The molecule has 2 aromatic rings. The lowest BCUT2D eigenvalue weighted by Gasteiger charge is -2.71. The predicted octanol–water partition coefficient (Wildman–Crippen LogP) is 1.99. The van der Waals surface area contributed by atoms with Crippen LogP contribution in [0.15, 0.2) is 30.9 Å². The molecule has 1 aromatic carbocycles. The van der Waals surface area contributed by atoms with Gasteiger partial charge in [0, 0.05) is 17.0 Å². The summed E-state index contributed by atoms with van der Waals surface area (Å²) >= 11 is 0. The molecule has 2 bridgehead atoms. The summed E-state index contributed by atoms with van der Waals surface area (Å²) in [6.45, 7) is -0.761. The summed E-state index contributed by atoms with van der Waals surface area (Å²) in [5.74, 6) is -5.98. The highest BCUT2D eigenvalue weighted by Crippen LogP contribution is 2.75. The summed E-state index contributed by atoms with van der Waals surface area (Å²) in [7, 11) is 0. The van der Waals surface area contributed by atoms with Gasteiger partial charge in [0.15, 0.2) is 5.60 Å². The quantitative estimate of drug-likeness (QED) is 0.803. The van der Waals surface area contributed by atoms with E-state index in [4.69, 9.17) is 0 Å². The van der Waals surface area contributed by atoms with E-state index < -0.39 is 46.3 Å². The molecule has 0 spiro atoms. The van der Waals surface area contributed by atoms with Gasteiger partial charge in [0.25, 0.3) is 5.92 Å². The van der Waals surface area contributed by atoms with Crippen molar-refractivity contribution in [3.05, 3.63) is 48.1 Å². The van der Waals surface area contributed by atoms with Crippen LogP contribution in [0.5, 0.6) is 0 Å². The Morgan fingerprint density at radius 2 is 1.88 bits per heavy atom. The van der Waals surface area contributed by atoms with Gasteiger partial charge in [0.05, 0.1) is 12.1 Å². The van der Waals surface area contributed by atoms with E-state index in [1.807, 2.05) is 0 Å². The predicted molar refractivity (Wildman–Crippen MR) is 76.5 cm³/mol. The Labute approximate surface area is 139 Å². The molecule has 3 fully saturated rings. The second kappa shape index (κ2) is 4.79. The average Bonchev–Trinajstić information content (AvgIpc) is 2.95. The molecule has 9 heteroatoms. The first-order chi connectivity index (χ1) is 11.6. The Kier molecular flexibility index (Phi) is 3.16. The molecule has 5 nitrogen and oxygen atoms in total. The fourth-order valence-electron chi connectivity index (χ4n) is 4.23. The highest BCUT2D eigenvalue weighted by atomic mass is 19.3. The first-order valence-corrected chi connectivity index (χ1v) is 7.72. The van der Waals surface area contributed by atoms with Gasteiger partial charge in [-0.15, -0.1) is 0 Å². The summed E-state index contributed by atoms with van der Waals surface area (Å²) in [5.41, 5.74) is -6.43. The molecule has 134 valence electrons. The van der Waals surface area contributed by atoms with Gasteiger partial charge in [0.2, 0.25) is 0 Å². The van der Waals surface area contributed by atoms with Crippen LogP contribution < -0.4 is 0 Å². The molecule has 0 saturated heterocycles. The van der Waals surface area contributed by atoms with E-state index in [-0.39, 0.29) is 19.3 Å². The minimum absolute atomic E-state index is 0.171. The van der Waals surface area contributed by atoms with E-state index in [0.29, 0.717) is 6.07 Å². The minimum Gasteiger partial charge on any atom is -0.390 e. The fourth-order valence-corrected chi connectivity index (χ4v) is 4.23. The monoisotopic (exact) mass is 357 g/mol. The third-order valence-corrected chi connectivity index (χ3v) is 5.42. The zero-order valence-corrected chi connectivity index (χ0v) is 13.0. The number of halogens is 4. The van der Waals surface area contributed by atoms with Crippen LogP contribution in [0.3, 0.4) is 0 Å². The summed E-state index contributed by atoms with van der Waals surface area (Å²) in [4.78, 5) is 3.64. The SMILES string of the molecule is OC12CC(C(F)(F)C(O)(Cn3cncn3)c3ccc(F)cc3F)(C1)C2. The topological polar surface area (TPSA) is 71.2 Å². The van der Waals surface area contributed by atoms with Crippen molar-refractivity contribution in [2.24, 2.45) is 5.41 Å². The molecule has 1 aromatic heterocycles. The number of alkyl halides is 2. The van der Waals surface area contributed by atoms with Gasteiger partial charge < -0.3 is 10.2 Å². The molecular formula is C16H15F4N3O2. The van der Waals surface area contributed by atoms with Crippen molar-refractivity contribution >= 4 is 0 Å². The van der Waals surface area contributed by atoms with Crippen LogP contribution >= 0.6 is 0 Å². The molecular weight excluding hydrogens is 342 g/mol. The summed E-state index contributed by atoms with van der Waals surface area (Å²) in [5, 5.41) is 24.5. The molecule has 25 heavy (non-hydrogen) atoms. The van der Waals surface area contributed by atoms with E-state index in [1.165, 1.54) is 0 Å². The third-order valence-electron chi connectivity index (χ3n) is 5.42. The molecule has 1 atom stereocenters. The number of benzene rings is 1. The number of aliphatic hydroxyl groups is 2. The first-order valence-electron chi connectivity index (χ1n) is 7.72. The van der Waals surface area contributed by atoms with Crippen molar-refractivity contribution < 1.29 is 27.8 Å². The molecule has 5 rings (SSSR count). The highest BCUT2D eigenvalue weighted by molar-refractivity contribution is 5.34. The zero-order valence-electron chi connectivity index (χ0n) is 13.0. The molecule has 3 saturated carbocycles. The molecule has 0 amide bonds. The lowest BCUT2D eigenvalue weighted by Crippen LogP contribution is -2.77. The summed E-state index contributed by atoms with van der Waals surface area (Å²) < 4.78 is 59.2. The van der Waals surface area contributed by atoms with Crippen LogP contribution in [0.1, 0.15) is 24.8 Å². The van der Waals surface area contributed by atoms with Gasteiger partial charge in [0.1, 0.15) is 24.3 Å². The second-order valence-corrected chi connectivity index (χ2v) is 7.19. The Hall–Kier alpha value is -2.00. The molecule has 2 N–H and O–H groups in total. The molecule has 3 aliphatic rings. The van der Waals surface area contributed by atoms with E-state index in [1.54, 1.807) is 0 Å². The van der Waals surface area contributed by atoms with Gasteiger partial charge in [-0.05, 0) is 31.4 Å². The van der Waals surface area contributed by atoms with Crippen molar-refractivity contribution in [3.63, 3.8) is 0 Å².